The van der Waals surface area contributed by atoms with Crippen molar-refractivity contribution < 1.29 is 14.3 Å². The van der Waals surface area contributed by atoms with Gasteiger partial charge in [-0.3, -0.25) is 0 Å². The summed E-state index contributed by atoms with van der Waals surface area (Å²) in [6.07, 6.45) is 2.43. The van der Waals surface area contributed by atoms with Gasteiger partial charge in [0.1, 0.15) is 11.2 Å². The zero-order chi connectivity index (χ0) is 15.8. The number of hydrogen-bond donors (Lipinski definition) is 1. The van der Waals surface area contributed by atoms with Gasteiger partial charge in [-0.15, -0.1) is 0 Å². The number of likely N-dealkylation sites (tertiary alicyclic amines) is 1. The lowest BCUT2D eigenvalue weighted by atomic mass is 9.88. The van der Waals surface area contributed by atoms with Crippen LogP contribution in [0.5, 0.6) is 0 Å². The number of carbonyl (C=O) groups excluding carboxylic acids is 1. The third-order valence-corrected chi connectivity index (χ3v) is 4.67. The van der Waals surface area contributed by atoms with Crippen molar-refractivity contribution in [1.29, 1.82) is 0 Å². The lowest BCUT2D eigenvalue weighted by molar-refractivity contribution is -0.0901. The number of nitrogens with zero attached hydrogens (tertiary/aromatic N) is 2. The minimum atomic E-state index is -0.477. The second-order valence-corrected chi connectivity index (χ2v) is 7.57. The van der Waals surface area contributed by atoms with Gasteiger partial charge in [-0.2, -0.15) is 0 Å². The first-order valence-corrected chi connectivity index (χ1v) is 8.48. The lowest BCUT2D eigenvalue weighted by Gasteiger charge is -2.41. The van der Waals surface area contributed by atoms with E-state index in [0.717, 1.165) is 18.5 Å². The van der Waals surface area contributed by atoms with Gasteiger partial charge in [0, 0.05) is 30.2 Å². The van der Waals surface area contributed by atoms with E-state index in [2.05, 4.69) is 9.69 Å². The summed E-state index contributed by atoms with van der Waals surface area (Å²) >= 11 is 1.44. The molecule has 1 aromatic heterocycles. The molecular formula is C15H23N3O3S. The molecule has 1 spiro atoms. The van der Waals surface area contributed by atoms with Gasteiger partial charge in [-0.25, -0.2) is 9.17 Å². The first-order chi connectivity index (χ1) is 10.4. The molecule has 0 aromatic carbocycles. The molecule has 1 amide bonds. The molecular weight excluding hydrogens is 302 g/mol. The molecule has 2 aliphatic rings. The monoisotopic (exact) mass is 325 g/mol. The highest BCUT2D eigenvalue weighted by Gasteiger charge is 2.50. The predicted molar refractivity (Wildman–Crippen MR) is 84.0 cm³/mol. The molecule has 1 N–H and O–H groups in total. The van der Waals surface area contributed by atoms with Gasteiger partial charge in [-0.05, 0) is 38.7 Å². The molecule has 6 nitrogen and oxygen atoms in total. The van der Waals surface area contributed by atoms with Crippen LogP contribution in [0, 0.1) is 0 Å². The van der Waals surface area contributed by atoms with E-state index < -0.39 is 5.60 Å². The number of rotatable bonds is 1. The third kappa shape index (κ3) is 3.11. The maximum atomic E-state index is 12.3. The highest BCUT2D eigenvalue weighted by Crippen LogP contribution is 2.40. The van der Waals surface area contributed by atoms with Crippen LogP contribution in [0.2, 0.25) is 0 Å². The Morgan fingerprint density at radius 1 is 1.59 bits per heavy atom. The summed E-state index contributed by atoms with van der Waals surface area (Å²) in [5.74, 6) is 0. The van der Waals surface area contributed by atoms with Crippen molar-refractivity contribution in [3.05, 3.63) is 17.1 Å². The largest absolute Gasteiger partial charge is 0.444 e. The van der Waals surface area contributed by atoms with Gasteiger partial charge < -0.3 is 19.7 Å². The molecule has 2 fully saturated rings. The van der Waals surface area contributed by atoms with Crippen molar-refractivity contribution in [2.45, 2.75) is 44.4 Å². The van der Waals surface area contributed by atoms with Crippen LogP contribution >= 0.6 is 11.5 Å². The van der Waals surface area contributed by atoms with Crippen LogP contribution in [0.3, 0.4) is 0 Å². The Kier molecular flexibility index (Phi) is 4.13. The number of ether oxygens (including phenoxy) is 2. The second kappa shape index (κ2) is 5.79. The van der Waals surface area contributed by atoms with Crippen LogP contribution in [0.4, 0.5) is 4.79 Å². The molecule has 2 saturated heterocycles. The van der Waals surface area contributed by atoms with Crippen LogP contribution in [-0.2, 0) is 9.47 Å². The fourth-order valence-electron chi connectivity index (χ4n) is 3.15. The van der Waals surface area contributed by atoms with E-state index in [0.29, 0.717) is 19.7 Å². The van der Waals surface area contributed by atoms with Crippen molar-refractivity contribution in [3.63, 3.8) is 0 Å². The second-order valence-electron chi connectivity index (χ2n) is 6.91. The molecule has 122 valence electrons. The zero-order valence-electron chi connectivity index (χ0n) is 13.3. The first kappa shape index (κ1) is 15.7. The van der Waals surface area contributed by atoms with Gasteiger partial charge in [0.25, 0.3) is 0 Å². The molecule has 0 radical (unpaired) electrons. The smallest absolute Gasteiger partial charge is 0.410 e. The molecule has 2 atom stereocenters. The van der Waals surface area contributed by atoms with E-state index in [1.165, 1.54) is 11.5 Å². The summed E-state index contributed by atoms with van der Waals surface area (Å²) in [5, 5.41) is 5.57. The molecule has 2 unspecified atom stereocenters. The summed E-state index contributed by atoms with van der Waals surface area (Å²) < 4.78 is 15.8. The van der Waals surface area contributed by atoms with Crippen molar-refractivity contribution in [1.82, 2.24) is 14.6 Å². The van der Waals surface area contributed by atoms with Crippen molar-refractivity contribution in [2.24, 2.45) is 0 Å². The zero-order valence-corrected chi connectivity index (χ0v) is 14.1. The summed E-state index contributed by atoms with van der Waals surface area (Å²) in [4.78, 5) is 14.1. The number of aromatic nitrogens is 1. The van der Waals surface area contributed by atoms with Gasteiger partial charge in [0.2, 0.25) is 0 Å². The van der Waals surface area contributed by atoms with E-state index in [-0.39, 0.29) is 17.7 Å². The Balaban J connectivity index is 1.74. The van der Waals surface area contributed by atoms with E-state index in [4.69, 9.17) is 9.47 Å². The van der Waals surface area contributed by atoms with Crippen LogP contribution < -0.4 is 5.32 Å². The van der Waals surface area contributed by atoms with Crippen LogP contribution in [-0.4, -0.2) is 52.8 Å². The standard InChI is InChI=1S/C15H23N3O3S/c1-14(2,3)21-13(19)18-6-4-15(10-18)12(16-5-7-20-15)11-8-17-22-9-11/h8-9,12,16H,4-7,10H2,1-3H3. The molecule has 1 aromatic rings. The quantitative estimate of drug-likeness (QED) is 0.857. The Hall–Kier alpha value is -1.18. The van der Waals surface area contributed by atoms with E-state index >= 15 is 0 Å². The fraction of sp³-hybridized carbons (Fsp3) is 0.733. The fourth-order valence-corrected chi connectivity index (χ4v) is 3.71. The molecule has 3 heterocycles. The molecule has 7 heteroatoms. The average molecular weight is 325 g/mol. The number of amides is 1. The summed E-state index contributed by atoms with van der Waals surface area (Å²) in [6, 6.07) is 0.0763. The molecule has 0 saturated carbocycles. The van der Waals surface area contributed by atoms with Crippen LogP contribution in [0.15, 0.2) is 11.6 Å². The minimum Gasteiger partial charge on any atom is -0.444 e. The Labute approximate surface area is 134 Å². The minimum absolute atomic E-state index is 0.0763. The Morgan fingerprint density at radius 3 is 3.09 bits per heavy atom. The van der Waals surface area contributed by atoms with E-state index in [1.807, 2.05) is 32.3 Å². The third-order valence-electron chi connectivity index (χ3n) is 4.07. The van der Waals surface area contributed by atoms with E-state index in [1.54, 1.807) is 4.90 Å². The highest BCUT2D eigenvalue weighted by atomic mass is 32.1. The van der Waals surface area contributed by atoms with E-state index in [9.17, 15) is 4.79 Å². The van der Waals surface area contributed by atoms with Gasteiger partial charge in [-0.1, -0.05) is 0 Å². The molecule has 0 aliphatic carbocycles. The van der Waals surface area contributed by atoms with Crippen LogP contribution in [0.25, 0.3) is 0 Å². The van der Waals surface area contributed by atoms with Crippen molar-refractivity contribution in [3.8, 4) is 0 Å². The molecule has 0 bridgehead atoms. The Bertz CT molecular complexity index is 529. The lowest BCUT2D eigenvalue weighted by Crippen LogP contribution is -2.54. The SMILES string of the molecule is CC(C)(C)OC(=O)N1CCC2(C1)OCCNC2c1cnsc1. The topological polar surface area (TPSA) is 63.7 Å². The summed E-state index contributed by atoms with van der Waals surface area (Å²) in [5.41, 5.74) is 0.281. The van der Waals surface area contributed by atoms with Crippen LogP contribution in [0.1, 0.15) is 38.8 Å². The number of carbonyl (C=O) groups is 1. The number of morpholine rings is 1. The predicted octanol–water partition coefficient (Wildman–Crippen LogP) is 2.18. The summed E-state index contributed by atoms with van der Waals surface area (Å²) in [7, 11) is 0. The molecule has 2 aliphatic heterocycles. The van der Waals surface area contributed by atoms with Crippen molar-refractivity contribution >= 4 is 17.6 Å². The Morgan fingerprint density at radius 2 is 2.41 bits per heavy atom. The first-order valence-electron chi connectivity index (χ1n) is 7.64. The average Bonchev–Trinajstić information content (AvgIpc) is 3.08. The normalized spacial score (nSPS) is 29.0. The molecule has 3 rings (SSSR count). The van der Waals surface area contributed by atoms with Gasteiger partial charge >= 0.3 is 6.09 Å². The number of hydrogen-bond acceptors (Lipinski definition) is 6. The number of nitrogens with one attached hydrogen (secondary N) is 1. The van der Waals surface area contributed by atoms with Gasteiger partial charge in [0.05, 0.1) is 19.2 Å². The van der Waals surface area contributed by atoms with Crippen molar-refractivity contribution in [2.75, 3.05) is 26.2 Å². The highest BCUT2D eigenvalue weighted by molar-refractivity contribution is 7.03. The summed E-state index contributed by atoms with van der Waals surface area (Å²) in [6.45, 7) is 8.34. The maximum absolute atomic E-state index is 12.3. The molecule has 22 heavy (non-hydrogen) atoms. The van der Waals surface area contributed by atoms with Gasteiger partial charge in [0.15, 0.2) is 0 Å². The maximum Gasteiger partial charge on any atom is 0.410 e.